The molecule has 2 saturated heterocycles. The maximum Gasteiger partial charge on any atom is 0.251 e. The Kier molecular flexibility index (Phi) is 4.37. The molecular weight excluding hydrogens is 324 g/mol. The van der Waals surface area contributed by atoms with Crippen LogP contribution in [-0.2, 0) is 16.0 Å². The largest absolute Gasteiger partial charge is 0.368 e. The lowest BCUT2D eigenvalue weighted by Gasteiger charge is -2.36. The van der Waals surface area contributed by atoms with Crippen LogP contribution in [0.15, 0.2) is 12.4 Å². The molecule has 7 heteroatoms. The van der Waals surface area contributed by atoms with Gasteiger partial charge < -0.3 is 14.5 Å². The van der Waals surface area contributed by atoms with E-state index < -0.39 is 0 Å². The van der Waals surface area contributed by atoms with Crippen LogP contribution < -0.4 is 4.90 Å². The van der Waals surface area contributed by atoms with Crippen molar-refractivity contribution in [3.63, 3.8) is 0 Å². The minimum Gasteiger partial charge on any atom is -0.368 e. The van der Waals surface area contributed by atoms with Crippen molar-refractivity contribution in [1.29, 1.82) is 0 Å². The second kappa shape index (κ2) is 6.64. The van der Waals surface area contributed by atoms with Gasteiger partial charge in [0.05, 0.1) is 5.39 Å². The van der Waals surface area contributed by atoms with E-state index in [1.54, 1.807) is 17.7 Å². The van der Waals surface area contributed by atoms with Crippen molar-refractivity contribution < 1.29 is 9.53 Å². The van der Waals surface area contributed by atoms with E-state index in [0.717, 1.165) is 61.5 Å². The fourth-order valence-electron chi connectivity index (χ4n) is 3.43. The summed E-state index contributed by atoms with van der Waals surface area (Å²) in [6, 6.07) is 2.21. The minimum atomic E-state index is -0.216. The van der Waals surface area contributed by atoms with Crippen LogP contribution in [-0.4, -0.2) is 59.7 Å². The summed E-state index contributed by atoms with van der Waals surface area (Å²) in [4.78, 5) is 28.0. The molecular formula is C17H22N4O2S. The van der Waals surface area contributed by atoms with Crippen molar-refractivity contribution in [2.75, 3.05) is 37.7 Å². The highest BCUT2D eigenvalue weighted by Gasteiger charge is 2.31. The van der Waals surface area contributed by atoms with Crippen molar-refractivity contribution >= 4 is 33.3 Å². The number of carbonyl (C=O) groups excluding carboxylic acids is 1. The number of aromatic nitrogens is 2. The maximum absolute atomic E-state index is 12.5. The van der Waals surface area contributed by atoms with E-state index in [2.05, 4.69) is 27.9 Å². The average Bonchev–Trinajstić information content (AvgIpc) is 3.30. The number of anilines is 1. The van der Waals surface area contributed by atoms with Crippen LogP contribution in [0.3, 0.4) is 0 Å². The van der Waals surface area contributed by atoms with Crippen LogP contribution in [0.1, 0.15) is 24.6 Å². The summed E-state index contributed by atoms with van der Waals surface area (Å²) >= 11 is 1.74. The number of carbonyl (C=O) groups is 1. The second-order valence-corrected chi connectivity index (χ2v) is 7.41. The molecule has 24 heavy (non-hydrogen) atoms. The lowest BCUT2D eigenvalue weighted by Crippen LogP contribution is -2.51. The van der Waals surface area contributed by atoms with E-state index in [-0.39, 0.29) is 12.0 Å². The summed E-state index contributed by atoms with van der Waals surface area (Å²) in [5, 5.41) is 1.14. The fourth-order valence-corrected chi connectivity index (χ4v) is 4.36. The average molecular weight is 346 g/mol. The Morgan fingerprint density at radius 1 is 1.33 bits per heavy atom. The molecule has 4 rings (SSSR count). The first-order valence-corrected chi connectivity index (χ1v) is 9.46. The third-order valence-electron chi connectivity index (χ3n) is 4.80. The van der Waals surface area contributed by atoms with Crippen LogP contribution in [0.2, 0.25) is 0 Å². The highest BCUT2D eigenvalue weighted by Crippen LogP contribution is 2.31. The molecule has 0 saturated carbocycles. The molecule has 1 unspecified atom stereocenters. The standard InChI is InChI=1S/C17H22N4O2S/c1-2-12-10-13-15(18-11-19-16(13)24-12)20-5-7-21(8-6-20)17(22)14-4-3-9-23-14/h10-11,14H,2-9H2,1H3. The molecule has 0 radical (unpaired) electrons. The predicted octanol–water partition coefficient (Wildman–Crippen LogP) is 2.08. The van der Waals surface area contributed by atoms with Gasteiger partial charge in [0.2, 0.25) is 0 Å². The van der Waals surface area contributed by atoms with Gasteiger partial charge in [0.15, 0.2) is 0 Å². The Labute approximate surface area is 145 Å². The number of aryl methyl sites for hydroxylation is 1. The molecule has 0 bridgehead atoms. The smallest absolute Gasteiger partial charge is 0.251 e. The molecule has 0 spiro atoms. The lowest BCUT2D eigenvalue weighted by atomic mass is 10.2. The molecule has 2 aliphatic heterocycles. The Morgan fingerprint density at radius 2 is 2.17 bits per heavy atom. The van der Waals surface area contributed by atoms with Crippen molar-refractivity contribution in [1.82, 2.24) is 14.9 Å². The predicted molar refractivity (Wildman–Crippen MR) is 94.6 cm³/mol. The molecule has 2 aliphatic rings. The highest BCUT2D eigenvalue weighted by atomic mass is 32.1. The SMILES string of the molecule is CCc1cc2c(N3CCN(C(=O)C4CCCO4)CC3)ncnc2s1. The monoisotopic (exact) mass is 346 g/mol. The molecule has 0 aliphatic carbocycles. The van der Waals surface area contributed by atoms with Gasteiger partial charge in [-0.3, -0.25) is 4.79 Å². The van der Waals surface area contributed by atoms with E-state index >= 15 is 0 Å². The van der Waals surface area contributed by atoms with Gasteiger partial charge >= 0.3 is 0 Å². The molecule has 2 aromatic rings. The second-order valence-electron chi connectivity index (χ2n) is 6.30. The number of piperazine rings is 1. The zero-order chi connectivity index (χ0) is 16.5. The number of thiophene rings is 1. The van der Waals surface area contributed by atoms with E-state index in [1.807, 2.05) is 4.90 Å². The molecule has 1 amide bonds. The lowest BCUT2D eigenvalue weighted by molar-refractivity contribution is -0.141. The summed E-state index contributed by atoms with van der Waals surface area (Å²) in [5.74, 6) is 1.16. The van der Waals surface area contributed by atoms with E-state index in [1.165, 1.54) is 4.88 Å². The van der Waals surface area contributed by atoms with Crippen molar-refractivity contribution in [2.45, 2.75) is 32.3 Å². The molecule has 1 atom stereocenters. The number of ether oxygens (including phenoxy) is 1. The van der Waals surface area contributed by atoms with Crippen LogP contribution in [0.25, 0.3) is 10.2 Å². The molecule has 6 nitrogen and oxygen atoms in total. The maximum atomic E-state index is 12.5. The highest BCUT2D eigenvalue weighted by molar-refractivity contribution is 7.18. The van der Waals surface area contributed by atoms with E-state index in [9.17, 15) is 4.79 Å². The normalized spacial score (nSPS) is 21.6. The topological polar surface area (TPSA) is 58.6 Å². The number of hydrogen-bond acceptors (Lipinski definition) is 6. The summed E-state index contributed by atoms with van der Waals surface area (Å²) in [5.41, 5.74) is 0. The first-order valence-electron chi connectivity index (χ1n) is 8.65. The van der Waals surface area contributed by atoms with Crippen LogP contribution >= 0.6 is 11.3 Å². The van der Waals surface area contributed by atoms with Gasteiger partial charge in [-0.05, 0) is 25.3 Å². The fraction of sp³-hybridized carbons (Fsp3) is 0.588. The summed E-state index contributed by atoms with van der Waals surface area (Å²) in [7, 11) is 0. The van der Waals surface area contributed by atoms with Gasteiger partial charge in [-0.25, -0.2) is 9.97 Å². The first-order chi connectivity index (χ1) is 11.8. The van der Waals surface area contributed by atoms with Gasteiger partial charge in [-0.15, -0.1) is 11.3 Å². The third kappa shape index (κ3) is 2.86. The van der Waals surface area contributed by atoms with E-state index in [0.29, 0.717) is 6.61 Å². The van der Waals surface area contributed by atoms with Crippen molar-refractivity contribution in [3.05, 3.63) is 17.3 Å². The molecule has 0 N–H and O–H groups in total. The zero-order valence-electron chi connectivity index (χ0n) is 13.9. The van der Waals surface area contributed by atoms with Gasteiger partial charge in [0.25, 0.3) is 5.91 Å². The summed E-state index contributed by atoms with van der Waals surface area (Å²) in [6.45, 7) is 5.95. The Bertz CT molecular complexity index is 733. The molecule has 128 valence electrons. The number of fused-ring (bicyclic) bond motifs is 1. The number of amides is 1. The number of hydrogen-bond donors (Lipinski definition) is 0. The van der Waals surface area contributed by atoms with Crippen LogP contribution in [0, 0.1) is 0 Å². The molecule has 4 heterocycles. The number of rotatable bonds is 3. The molecule has 2 aromatic heterocycles. The van der Waals surface area contributed by atoms with Gasteiger partial charge in [0.1, 0.15) is 23.1 Å². The Hall–Kier alpha value is -1.73. The van der Waals surface area contributed by atoms with Crippen molar-refractivity contribution in [3.8, 4) is 0 Å². The van der Waals surface area contributed by atoms with Gasteiger partial charge in [-0.2, -0.15) is 0 Å². The zero-order valence-corrected chi connectivity index (χ0v) is 14.7. The summed E-state index contributed by atoms with van der Waals surface area (Å²) in [6.07, 6.45) is 4.31. The molecule has 2 fully saturated rings. The first kappa shape index (κ1) is 15.8. The molecule has 0 aromatic carbocycles. The third-order valence-corrected chi connectivity index (χ3v) is 5.99. The quantitative estimate of drug-likeness (QED) is 0.852. The Morgan fingerprint density at radius 3 is 2.88 bits per heavy atom. The van der Waals surface area contributed by atoms with E-state index in [4.69, 9.17) is 4.74 Å². The van der Waals surface area contributed by atoms with Crippen LogP contribution in [0.4, 0.5) is 5.82 Å². The summed E-state index contributed by atoms with van der Waals surface area (Å²) < 4.78 is 5.53. The van der Waals surface area contributed by atoms with Crippen molar-refractivity contribution in [2.24, 2.45) is 0 Å². The van der Waals surface area contributed by atoms with Gasteiger partial charge in [-0.1, -0.05) is 6.92 Å². The minimum absolute atomic E-state index is 0.156. The Balaban J connectivity index is 1.47. The van der Waals surface area contributed by atoms with Gasteiger partial charge in [0, 0.05) is 37.7 Å². The number of nitrogens with zero attached hydrogens (tertiary/aromatic N) is 4. The van der Waals surface area contributed by atoms with Crippen LogP contribution in [0.5, 0.6) is 0 Å².